The highest BCUT2D eigenvalue weighted by Gasteiger charge is 2.23. The molecule has 0 amide bonds. The Kier molecular flexibility index (Phi) is 5.72. The first kappa shape index (κ1) is 16.4. The number of nitrogens with one attached hydrogen (secondary N) is 1. The van der Waals surface area contributed by atoms with E-state index in [0.29, 0.717) is 23.0 Å². The van der Waals surface area contributed by atoms with Gasteiger partial charge in [-0.1, -0.05) is 6.07 Å². The van der Waals surface area contributed by atoms with E-state index in [2.05, 4.69) is 40.0 Å². The first-order chi connectivity index (χ1) is 9.97. The molecule has 116 valence electrons. The molecule has 1 atom stereocenters. The van der Waals surface area contributed by atoms with E-state index in [0.717, 1.165) is 18.7 Å². The largest absolute Gasteiger partial charge is 0.312 e. The Morgan fingerprint density at radius 2 is 2.29 bits per heavy atom. The van der Waals surface area contributed by atoms with Crippen molar-refractivity contribution in [3.63, 3.8) is 0 Å². The molecule has 1 aromatic carbocycles. The number of nitro benzene ring substituents is 1. The lowest BCUT2D eigenvalue weighted by atomic mass is 10.1. The number of halogens is 1. The number of rotatable bonds is 6. The zero-order valence-corrected chi connectivity index (χ0v) is 14.1. The number of nitrogens with zero attached hydrogens (tertiary/aromatic N) is 2. The van der Waals surface area contributed by atoms with E-state index in [-0.39, 0.29) is 10.6 Å². The fourth-order valence-corrected chi connectivity index (χ4v) is 3.12. The second-order valence-corrected chi connectivity index (χ2v) is 6.77. The molecule has 0 aromatic heterocycles. The summed E-state index contributed by atoms with van der Waals surface area (Å²) in [5.74, 6) is 0.679. The highest BCUT2D eigenvalue weighted by molar-refractivity contribution is 9.10. The number of benzene rings is 1. The van der Waals surface area contributed by atoms with E-state index in [4.69, 9.17) is 0 Å². The smallest absolute Gasteiger partial charge is 0.283 e. The van der Waals surface area contributed by atoms with Gasteiger partial charge in [-0.3, -0.25) is 10.1 Å². The first-order valence-corrected chi connectivity index (χ1v) is 8.14. The van der Waals surface area contributed by atoms with Crippen LogP contribution in [0.1, 0.15) is 25.8 Å². The van der Waals surface area contributed by atoms with Crippen LogP contribution in [0.2, 0.25) is 0 Å². The topological polar surface area (TPSA) is 58.4 Å². The van der Waals surface area contributed by atoms with Crippen molar-refractivity contribution in [2.45, 2.75) is 32.9 Å². The summed E-state index contributed by atoms with van der Waals surface area (Å²) in [6.45, 7) is 8.42. The van der Waals surface area contributed by atoms with Gasteiger partial charge in [-0.15, -0.1) is 0 Å². The molecule has 1 saturated heterocycles. The Labute approximate surface area is 134 Å². The molecular weight excluding hydrogens is 334 g/mol. The third-order valence-corrected chi connectivity index (χ3v) is 4.69. The summed E-state index contributed by atoms with van der Waals surface area (Å²) in [5.41, 5.74) is 1.07. The van der Waals surface area contributed by atoms with Gasteiger partial charge in [-0.05, 0) is 66.8 Å². The molecule has 5 nitrogen and oxygen atoms in total. The van der Waals surface area contributed by atoms with Gasteiger partial charge >= 0.3 is 0 Å². The van der Waals surface area contributed by atoms with Crippen LogP contribution in [0, 0.1) is 16.0 Å². The van der Waals surface area contributed by atoms with E-state index in [1.54, 1.807) is 12.1 Å². The quantitative estimate of drug-likeness (QED) is 0.628. The number of hydrogen-bond donors (Lipinski definition) is 1. The minimum atomic E-state index is -0.356. The lowest BCUT2D eigenvalue weighted by Crippen LogP contribution is -2.30. The molecule has 1 N–H and O–H groups in total. The van der Waals surface area contributed by atoms with Crippen LogP contribution in [0.4, 0.5) is 5.69 Å². The molecule has 1 aliphatic rings. The molecule has 1 heterocycles. The predicted molar refractivity (Wildman–Crippen MR) is 87.3 cm³/mol. The molecule has 1 unspecified atom stereocenters. The molecule has 1 aliphatic heterocycles. The van der Waals surface area contributed by atoms with Crippen molar-refractivity contribution in [1.82, 2.24) is 10.2 Å². The summed E-state index contributed by atoms with van der Waals surface area (Å²) in [5, 5.41) is 14.3. The van der Waals surface area contributed by atoms with Gasteiger partial charge in [0.05, 0.1) is 9.40 Å². The number of hydrogen-bond acceptors (Lipinski definition) is 4. The third kappa shape index (κ3) is 4.49. The van der Waals surface area contributed by atoms with Crippen molar-refractivity contribution < 1.29 is 4.92 Å². The first-order valence-electron chi connectivity index (χ1n) is 7.35. The maximum absolute atomic E-state index is 10.9. The number of nitro groups is 1. The fourth-order valence-electron chi connectivity index (χ4n) is 2.73. The Morgan fingerprint density at radius 1 is 1.52 bits per heavy atom. The average molecular weight is 356 g/mol. The molecule has 0 saturated carbocycles. The van der Waals surface area contributed by atoms with Crippen molar-refractivity contribution in [3.05, 3.63) is 38.3 Å². The van der Waals surface area contributed by atoms with Crippen molar-refractivity contribution in [2.75, 3.05) is 19.6 Å². The van der Waals surface area contributed by atoms with Crippen molar-refractivity contribution in [3.8, 4) is 0 Å². The van der Waals surface area contributed by atoms with Crippen molar-refractivity contribution in [1.29, 1.82) is 0 Å². The summed E-state index contributed by atoms with van der Waals surface area (Å²) in [7, 11) is 0. The van der Waals surface area contributed by atoms with E-state index >= 15 is 0 Å². The highest BCUT2D eigenvalue weighted by atomic mass is 79.9. The maximum atomic E-state index is 10.9. The minimum Gasteiger partial charge on any atom is -0.312 e. The molecular formula is C15H22BrN3O2. The maximum Gasteiger partial charge on any atom is 0.283 e. The van der Waals surface area contributed by atoms with Crippen LogP contribution in [-0.4, -0.2) is 35.5 Å². The van der Waals surface area contributed by atoms with Crippen LogP contribution in [-0.2, 0) is 6.54 Å². The summed E-state index contributed by atoms with van der Waals surface area (Å²) in [4.78, 5) is 13.0. The molecule has 0 bridgehead atoms. The Morgan fingerprint density at radius 3 is 2.90 bits per heavy atom. The van der Waals surface area contributed by atoms with Gasteiger partial charge in [-0.25, -0.2) is 0 Å². The van der Waals surface area contributed by atoms with E-state index < -0.39 is 0 Å². The zero-order chi connectivity index (χ0) is 15.4. The normalized spacial score (nSPS) is 19.3. The van der Waals surface area contributed by atoms with E-state index in [1.807, 2.05) is 6.07 Å². The van der Waals surface area contributed by atoms with Crippen molar-refractivity contribution in [2.24, 2.45) is 5.92 Å². The predicted octanol–water partition coefficient (Wildman–Crippen LogP) is 3.18. The monoisotopic (exact) mass is 355 g/mol. The average Bonchev–Trinajstić information content (AvgIpc) is 2.89. The Bertz CT molecular complexity index is 508. The molecule has 0 aliphatic carbocycles. The molecule has 0 spiro atoms. The van der Waals surface area contributed by atoms with Crippen LogP contribution >= 0.6 is 15.9 Å². The van der Waals surface area contributed by atoms with Crippen LogP contribution in [0.15, 0.2) is 22.7 Å². The SMILES string of the molecule is CC(C)N1CCC(CNCc2ccc(Br)c([N+](=O)[O-])c2)C1. The van der Waals surface area contributed by atoms with Crippen LogP contribution < -0.4 is 5.32 Å². The molecule has 1 fully saturated rings. The summed E-state index contributed by atoms with van der Waals surface area (Å²) < 4.78 is 0.527. The second kappa shape index (κ2) is 7.33. The standard InChI is InChI=1S/C15H22BrN3O2/c1-11(2)18-6-5-13(10-18)9-17-8-12-3-4-14(16)15(7-12)19(20)21/h3-4,7,11,13,17H,5-6,8-10H2,1-2H3. The minimum absolute atomic E-state index is 0.126. The van der Waals surface area contributed by atoms with Gasteiger partial charge in [0.1, 0.15) is 0 Å². The van der Waals surface area contributed by atoms with Gasteiger partial charge in [0.2, 0.25) is 0 Å². The molecule has 0 radical (unpaired) electrons. The van der Waals surface area contributed by atoms with Gasteiger partial charge in [0.15, 0.2) is 0 Å². The molecule has 1 aromatic rings. The van der Waals surface area contributed by atoms with Crippen LogP contribution in [0.25, 0.3) is 0 Å². The van der Waals surface area contributed by atoms with Crippen molar-refractivity contribution >= 4 is 21.6 Å². The van der Waals surface area contributed by atoms with E-state index in [1.165, 1.54) is 13.0 Å². The molecule has 2 rings (SSSR count). The third-order valence-electron chi connectivity index (χ3n) is 4.02. The lowest BCUT2D eigenvalue weighted by molar-refractivity contribution is -0.385. The summed E-state index contributed by atoms with van der Waals surface area (Å²) in [6.07, 6.45) is 1.23. The summed E-state index contributed by atoms with van der Waals surface area (Å²) in [6, 6.07) is 5.90. The second-order valence-electron chi connectivity index (χ2n) is 5.92. The Balaban J connectivity index is 1.82. The van der Waals surface area contributed by atoms with Crippen LogP contribution in [0.3, 0.4) is 0 Å². The summed E-state index contributed by atoms with van der Waals surface area (Å²) >= 11 is 3.21. The molecule has 6 heteroatoms. The zero-order valence-electron chi connectivity index (χ0n) is 12.5. The van der Waals surface area contributed by atoms with Gasteiger partial charge < -0.3 is 10.2 Å². The Hall–Kier alpha value is -0.980. The fraction of sp³-hybridized carbons (Fsp3) is 0.600. The molecule has 21 heavy (non-hydrogen) atoms. The van der Waals surface area contributed by atoms with Gasteiger partial charge in [0.25, 0.3) is 5.69 Å². The van der Waals surface area contributed by atoms with E-state index in [9.17, 15) is 10.1 Å². The van der Waals surface area contributed by atoms with Gasteiger partial charge in [0, 0.05) is 25.2 Å². The highest BCUT2D eigenvalue weighted by Crippen LogP contribution is 2.25. The number of likely N-dealkylation sites (tertiary alicyclic amines) is 1. The lowest BCUT2D eigenvalue weighted by Gasteiger charge is -2.20. The van der Waals surface area contributed by atoms with Crippen LogP contribution in [0.5, 0.6) is 0 Å². The van der Waals surface area contributed by atoms with Gasteiger partial charge in [-0.2, -0.15) is 0 Å².